The van der Waals surface area contributed by atoms with Crippen molar-refractivity contribution in [1.82, 2.24) is 0 Å². The van der Waals surface area contributed by atoms with Crippen molar-refractivity contribution in [3.8, 4) is 6.07 Å². The summed E-state index contributed by atoms with van der Waals surface area (Å²) in [6, 6.07) is 1.98. The highest BCUT2D eigenvalue weighted by Gasteiger charge is 1.92. The fourth-order valence-electron chi connectivity index (χ4n) is 0.379. The van der Waals surface area contributed by atoms with E-state index < -0.39 is 0 Å². The second-order valence-electron chi connectivity index (χ2n) is 1.94. The van der Waals surface area contributed by atoms with Gasteiger partial charge in [0.25, 0.3) is 0 Å². The van der Waals surface area contributed by atoms with Gasteiger partial charge in [-0.05, 0) is 6.26 Å². The fourth-order valence-corrected chi connectivity index (χ4v) is 0.901. The van der Waals surface area contributed by atoms with E-state index in [1.165, 1.54) is 0 Å². The molecule has 0 aliphatic carbocycles. The van der Waals surface area contributed by atoms with Crippen molar-refractivity contribution in [2.75, 3.05) is 24.7 Å². The molecule has 0 radical (unpaired) electrons. The first kappa shape index (κ1) is 9.76. The summed E-state index contributed by atoms with van der Waals surface area (Å²) in [6.07, 6.45) is 2.40. The zero-order chi connectivity index (χ0) is 7.82. The van der Waals surface area contributed by atoms with Gasteiger partial charge in [-0.3, -0.25) is 0 Å². The van der Waals surface area contributed by atoms with Crippen LogP contribution in [0.15, 0.2) is 0 Å². The zero-order valence-electron chi connectivity index (χ0n) is 6.08. The molecule has 1 N–H and O–H groups in total. The smallest absolute Gasteiger partial charge is 0.0763 e. The minimum atomic E-state index is -0.371. The Morgan fingerprint density at radius 1 is 1.70 bits per heavy atom. The molecule has 0 aliphatic heterocycles. The third kappa shape index (κ3) is 5.89. The summed E-state index contributed by atoms with van der Waals surface area (Å²) >= 11 is 0. The van der Waals surface area contributed by atoms with E-state index in [2.05, 4.69) is 0 Å². The van der Waals surface area contributed by atoms with E-state index in [1.807, 2.05) is 12.3 Å². The van der Waals surface area contributed by atoms with E-state index in [-0.39, 0.29) is 16.8 Å². The molecule has 1 atom stereocenters. The predicted molar refractivity (Wildman–Crippen MR) is 43.0 cm³/mol. The topological polar surface area (TPSA) is 53.2 Å². The van der Waals surface area contributed by atoms with Crippen LogP contribution in [0.4, 0.5) is 0 Å². The Hall–Kier alpha value is -0.240. The van der Waals surface area contributed by atoms with Crippen LogP contribution in [0.25, 0.3) is 0 Å². The third-order valence-corrected chi connectivity index (χ3v) is 2.02. The molecule has 0 fully saturated rings. The summed E-state index contributed by atoms with van der Waals surface area (Å²) < 4.78 is 5.07. The van der Waals surface area contributed by atoms with Crippen molar-refractivity contribution in [2.45, 2.75) is 6.42 Å². The molecule has 0 spiro atoms. The minimum absolute atomic E-state index is 0.210. The van der Waals surface area contributed by atoms with Gasteiger partial charge in [-0.15, -0.1) is 0 Å². The normalized spacial score (nSPS) is 14.3. The van der Waals surface area contributed by atoms with Gasteiger partial charge in [0.05, 0.1) is 31.0 Å². The SMILES string of the molecule is C[SH](CO)COCCC#N. The number of ether oxygens (including phenoxy) is 1. The lowest BCUT2D eigenvalue weighted by molar-refractivity contribution is 0.187. The number of rotatable bonds is 5. The van der Waals surface area contributed by atoms with Gasteiger partial charge in [0, 0.05) is 0 Å². The molecular formula is C6H13NO2S. The van der Waals surface area contributed by atoms with Crippen molar-refractivity contribution in [3.05, 3.63) is 0 Å². The number of aliphatic hydroxyl groups excluding tert-OH is 1. The third-order valence-electron chi connectivity index (χ3n) is 0.911. The van der Waals surface area contributed by atoms with E-state index >= 15 is 0 Å². The molecule has 0 rings (SSSR count). The summed E-state index contributed by atoms with van der Waals surface area (Å²) in [7, 11) is -0.371. The molecule has 0 saturated carbocycles. The Morgan fingerprint density at radius 3 is 2.90 bits per heavy atom. The standard InChI is InChI=1S/C6H13NO2S/c1-10(5-8)6-9-4-2-3-7/h8,10H,2,4-6H2,1H3. The highest BCUT2D eigenvalue weighted by atomic mass is 32.2. The van der Waals surface area contributed by atoms with Gasteiger partial charge < -0.3 is 9.84 Å². The lowest BCUT2D eigenvalue weighted by atomic mass is 10.5. The molecule has 0 aliphatic rings. The second kappa shape index (κ2) is 6.87. The molecule has 0 amide bonds. The monoisotopic (exact) mass is 163 g/mol. The summed E-state index contributed by atoms with van der Waals surface area (Å²) in [4.78, 5) is 0. The maximum Gasteiger partial charge on any atom is 0.0763 e. The average molecular weight is 163 g/mol. The van der Waals surface area contributed by atoms with Gasteiger partial charge in [-0.2, -0.15) is 5.26 Å². The molecule has 0 aromatic heterocycles. The maximum atomic E-state index is 8.58. The van der Waals surface area contributed by atoms with Crippen LogP contribution in [0.1, 0.15) is 6.42 Å². The molecule has 1 unspecified atom stereocenters. The maximum absolute atomic E-state index is 8.58. The lowest BCUT2D eigenvalue weighted by Crippen LogP contribution is -1.98. The number of aliphatic hydroxyl groups is 1. The Morgan fingerprint density at radius 2 is 2.40 bits per heavy atom. The molecule has 0 heterocycles. The van der Waals surface area contributed by atoms with Crippen molar-refractivity contribution in [1.29, 1.82) is 5.26 Å². The van der Waals surface area contributed by atoms with Gasteiger partial charge in [0.15, 0.2) is 0 Å². The number of nitriles is 1. The van der Waals surface area contributed by atoms with E-state index in [9.17, 15) is 0 Å². The molecule has 60 valence electrons. The van der Waals surface area contributed by atoms with Crippen molar-refractivity contribution in [3.63, 3.8) is 0 Å². The fraction of sp³-hybridized carbons (Fsp3) is 0.833. The van der Waals surface area contributed by atoms with Crippen LogP contribution >= 0.6 is 10.9 Å². The van der Waals surface area contributed by atoms with Gasteiger partial charge in [-0.1, -0.05) is 0 Å². The second-order valence-corrected chi connectivity index (χ2v) is 4.20. The first-order valence-corrected chi connectivity index (χ1v) is 5.21. The lowest BCUT2D eigenvalue weighted by Gasteiger charge is -2.11. The number of hydrogen-bond donors (Lipinski definition) is 2. The molecule has 3 nitrogen and oxygen atoms in total. The Bertz CT molecular complexity index is 113. The van der Waals surface area contributed by atoms with Gasteiger partial charge >= 0.3 is 0 Å². The summed E-state index contributed by atoms with van der Waals surface area (Å²) in [5.41, 5.74) is 0. The molecular weight excluding hydrogens is 150 g/mol. The van der Waals surface area contributed by atoms with Gasteiger partial charge in [-0.25, -0.2) is 10.9 Å². The van der Waals surface area contributed by atoms with E-state index in [1.54, 1.807) is 0 Å². The van der Waals surface area contributed by atoms with Crippen molar-refractivity contribution < 1.29 is 9.84 Å². The highest BCUT2D eigenvalue weighted by Crippen LogP contribution is 2.16. The van der Waals surface area contributed by atoms with Crippen LogP contribution in [0, 0.1) is 11.3 Å². The highest BCUT2D eigenvalue weighted by molar-refractivity contribution is 8.16. The first-order chi connectivity index (χ1) is 4.81. The Labute approximate surface area is 64.0 Å². The quantitative estimate of drug-likeness (QED) is 0.457. The van der Waals surface area contributed by atoms with Gasteiger partial charge in [0.2, 0.25) is 0 Å². The summed E-state index contributed by atoms with van der Waals surface area (Å²) in [5.74, 6) is 0.815. The number of thiol groups is 1. The average Bonchev–Trinajstić information content (AvgIpc) is 1.98. The molecule has 0 aromatic carbocycles. The Balaban J connectivity index is 2.98. The van der Waals surface area contributed by atoms with Crippen LogP contribution in [-0.4, -0.2) is 29.8 Å². The van der Waals surface area contributed by atoms with Crippen molar-refractivity contribution >= 4 is 10.9 Å². The molecule has 0 bridgehead atoms. The van der Waals surface area contributed by atoms with Crippen LogP contribution in [0.5, 0.6) is 0 Å². The molecule has 0 aromatic rings. The molecule has 0 saturated heterocycles. The van der Waals surface area contributed by atoms with Crippen LogP contribution < -0.4 is 0 Å². The number of nitrogens with zero attached hydrogens (tertiary/aromatic N) is 1. The van der Waals surface area contributed by atoms with E-state index in [0.29, 0.717) is 19.0 Å². The van der Waals surface area contributed by atoms with E-state index in [4.69, 9.17) is 15.1 Å². The summed E-state index contributed by atoms with van der Waals surface area (Å²) in [5, 5.41) is 16.7. The first-order valence-electron chi connectivity index (χ1n) is 3.05. The van der Waals surface area contributed by atoms with E-state index in [0.717, 1.165) is 0 Å². The van der Waals surface area contributed by atoms with Crippen LogP contribution in [0.2, 0.25) is 0 Å². The summed E-state index contributed by atoms with van der Waals surface area (Å²) in [6.45, 7) is 0.489. The minimum Gasteiger partial charge on any atom is -0.387 e. The largest absolute Gasteiger partial charge is 0.387 e. The molecule has 10 heavy (non-hydrogen) atoms. The van der Waals surface area contributed by atoms with Gasteiger partial charge in [0.1, 0.15) is 0 Å². The molecule has 4 heteroatoms. The van der Waals surface area contributed by atoms with Crippen molar-refractivity contribution in [2.24, 2.45) is 0 Å². The van der Waals surface area contributed by atoms with Crippen LogP contribution in [0.3, 0.4) is 0 Å². The predicted octanol–water partition coefficient (Wildman–Crippen LogP) is 0.455. The van der Waals surface area contributed by atoms with Crippen LogP contribution in [-0.2, 0) is 4.74 Å². The number of hydrogen-bond acceptors (Lipinski definition) is 3. The zero-order valence-corrected chi connectivity index (χ0v) is 6.97. The Kier molecular flexibility index (Phi) is 6.71.